The summed E-state index contributed by atoms with van der Waals surface area (Å²) in [4.78, 5) is 22.1. The van der Waals surface area contributed by atoms with Crippen molar-refractivity contribution in [1.29, 1.82) is 0 Å². The Balaban J connectivity index is 2.20. The summed E-state index contributed by atoms with van der Waals surface area (Å²) in [5.41, 5.74) is 0.371. The number of hydrogen-bond acceptors (Lipinski definition) is 9. The number of nitrogens with one attached hydrogen (secondary N) is 1. The quantitative estimate of drug-likeness (QED) is 0.451. The van der Waals surface area contributed by atoms with Crippen molar-refractivity contribution in [3.63, 3.8) is 0 Å². The number of aliphatic hydroxyl groups excluding tert-OH is 3. The van der Waals surface area contributed by atoms with E-state index < -0.39 is 36.7 Å². The molecule has 10 heteroatoms. The number of ether oxygens (including phenoxy) is 3. The van der Waals surface area contributed by atoms with Gasteiger partial charge in [-0.2, -0.15) is 0 Å². The van der Waals surface area contributed by atoms with Gasteiger partial charge in [0.2, 0.25) is 12.2 Å². The molecule has 25 heavy (non-hydrogen) atoms. The highest BCUT2D eigenvalue weighted by Gasteiger charge is 2.45. The summed E-state index contributed by atoms with van der Waals surface area (Å²) >= 11 is 0. The molecule has 1 heterocycles. The van der Waals surface area contributed by atoms with E-state index in [9.17, 15) is 30.0 Å². The third kappa shape index (κ3) is 4.17. The molecule has 1 aliphatic heterocycles. The number of methoxy groups -OCH3 is 1. The summed E-state index contributed by atoms with van der Waals surface area (Å²) in [5.74, 6) is -1.72. The van der Waals surface area contributed by atoms with Crippen LogP contribution < -0.4 is 19.9 Å². The number of carboxylic acid groups (broad SMARTS) is 1. The van der Waals surface area contributed by atoms with Gasteiger partial charge in [-0.1, -0.05) is 0 Å². The minimum Gasteiger partial charge on any atom is -0.547 e. The van der Waals surface area contributed by atoms with E-state index >= 15 is 0 Å². The highest BCUT2D eigenvalue weighted by molar-refractivity contribution is 5.90. The lowest BCUT2D eigenvalue weighted by atomic mass is 9.99. The van der Waals surface area contributed by atoms with Crippen molar-refractivity contribution in [2.45, 2.75) is 37.6 Å². The highest BCUT2D eigenvalue weighted by atomic mass is 16.7. The van der Waals surface area contributed by atoms with Crippen LogP contribution in [0, 0.1) is 0 Å². The van der Waals surface area contributed by atoms with Gasteiger partial charge in [0.1, 0.15) is 35.9 Å². The van der Waals surface area contributed by atoms with Crippen molar-refractivity contribution in [1.82, 2.24) is 0 Å². The number of hydrogen-bond donors (Lipinski definition) is 4. The van der Waals surface area contributed by atoms with Crippen molar-refractivity contribution in [2.75, 3.05) is 12.4 Å². The molecule has 0 radical (unpaired) electrons. The highest BCUT2D eigenvalue weighted by Crippen LogP contribution is 2.31. The number of benzene rings is 1. The van der Waals surface area contributed by atoms with E-state index in [1.165, 1.54) is 32.2 Å². The Labute approximate surface area is 142 Å². The second-order valence-corrected chi connectivity index (χ2v) is 5.38. The summed E-state index contributed by atoms with van der Waals surface area (Å²) in [5, 5.41) is 42.7. The first-order chi connectivity index (χ1) is 11.7. The number of carboxylic acids is 1. The van der Waals surface area contributed by atoms with Crippen LogP contribution in [0.3, 0.4) is 0 Å². The van der Waals surface area contributed by atoms with Crippen LogP contribution in [-0.2, 0) is 14.3 Å². The van der Waals surface area contributed by atoms with Crippen molar-refractivity contribution in [2.24, 2.45) is 0 Å². The molecular formula is C15H18NO9-. The Hall–Kier alpha value is -2.40. The molecule has 0 spiro atoms. The molecule has 0 unspecified atom stereocenters. The zero-order valence-corrected chi connectivity index (χ0v) is 13.4. The van der Waals surface area contributed by atoms with E-state index in [4.69, 9.17) is 14.2 Å². The van der Waals surface area contributed by atoms with E-state index in [2.05, 4.69) is 5.32 Å². The molecule has 1 fully saturated rings. The van der Waals surface area contributed by atoms with Crippen molar-refractivity contribution >= 4 is 17.6 Å². The number of aliphatic carboxylic acids is 1. The first kappa shape index (κ1) is 18.9. The molecule has 2 rings (SSSR count). The number of aliphatic hydroxyl groups is 3. The van der Waals surface area contributed by atoms with E-state index in [0.29, 0.717) is 5.69 Å². The molecule has 0 saturated carbocycles. The third-order valence-corrected chi connectivity index (χ3v) is 3.54. The van der Waals surface area contributed by atoms with Gasteiger partial charge in [-0.3, -0.25) is 4.79 Å². The summed E-state index contributed by atoms with van der Waals surface area (Å²) in [7, 11) is 1.36. The number of rotatable bonds is 5. The smallest absolute Gasteiger partial charge is 0.229 e. The fraction of sp³-hybridized carbons (Fsp3) is 0.467. The van der Waals surface area contributed by atoms with Gasteiger partial charge >= 0.3 is 0 Å². The van der Waals surface area contributed by atoms with Crippen LogP contribution in [0.5, 0.6) is 11.5 Å². The molecule has 1 aromatic carbocycles. The molecule has 1 saturated heterocycles. The predicted molar refractivity (Wildman–Crippen MR) is 79.6 cm³/mol. The molecular weight excluding hydrogens is 338 g/mol. The monoisotopic (exact) mass is 356 g/mol. The Kier molecular flexibility index (Phi) is 5.80. The molecule has 1 aromatic rings. The predicted octanol–water partition coefficient (Wildman–Crippen LogP) is -2.41. The molecule has 0 bridgehead atoms. The average Bonchev–Trinajstić information content (AvgIpc) is 2.55. The molecule has 4 N–H and O–H groups in total. The van der Waals surface area contributed by atoms with Gasteiger partial charge in [0.05, 0.1) is 18.8 Å². The van der Waals surface area contributed by atoms with Gasteiger partial charge in [-0.15, -0.1) is 0 Å². The number of anilines is 1. The van der Waals surface area contributed by atoms with Gasteiger partial charge < -0.3 is 44.7 Å². The molecule has 10 nitrogen and oxygen atoms in total. The zero-order chi connectivity index (χ0) is 18.7. The Bertz CT molecular complexity index is 650. The van der Waals surface area contributed by atoms with Gasteiger partial charge in [0.25, 0.3) is 0 Å². The second-order valence-electron chi connectivity index (χ2n) is 5.38. The van der Waals surface area contributed by atoms with Crippen LogP contribution >= 0.6 is 0 Å². The minimum atomic E-state index is -1.87. The first-order valence-corrected chi connectivity index (χ1v) is 7.27. The van der Waals surface area contributed by atoms with E-state index in [-0.39, 0.29) is 17.4 Å². The number of carbonyl (C=O) groups excluding carboxylic acids is 2. The zero-order valence-electron chi connectivity index (χ0n) is 13.4. The summed E-state index contributed by atoms with van der Waals surface area (Å²) in [6.07, 6.45) is -8.81. The summed E-state index contributed by atoms with van der Waals surface area (Å²) in [6.45, 7) is 1.32. The number of carbonyl (C=O) groups is 2. The van der Waals surface area contributed by atoms with Gasteiger partial charge in [0, 0.05) is 13.0 Å². The van der Waals surface area contributed by atoms with Crippen LogP contribution in [0.1, 0.15) is 6.92 Å². The fourth-order valence-corrected chi connectivity index (χ4v) is 2.31. The minimum absolute atomic E-state index is 0.107. The van der Waals surface area contributed by atoms with Crippen LogP contribution in [0.2, 0.25) is 0 Å². The second kappa shape index (κ2) is 7.66. The van der Waals surface area contributed by atoms with Crippen LogP contribution in [0.4, 0.5) is 5.69 Å². The summed E-state index contributed by atoms with van der Waals surface area (Å²) < 4.78 is 15.4. The maximum absolute atomic E-state index is 11.1. The number of amides is 1. The van der Waals surface area contributed by atoms with Crippen LogP contribution in [-0.4, -0.2) is 65.0 Å². The molecule has 138 valence electrons. The topological polar surface area (TPSA) is 158 Å². The van der Waals surface area contributed by atoms with E-state index in [1.54, 1.807) is 0 Å². The Morgan fingerprint density at radius 3 is 2.44 bits per heavy atom. The maximum atomic E-state index is 11.1. The van der Waals surface area contributed by atoms with E-state index in [1.807, 2.05) is 0 Å². The largest absolute Gasteiger partial charge is 0.547 e. The molecule has 1 aliphatic rings. The van der Waals surface area contributed by atoms with E-state index in [0.717, 1.165) is 0 Å². The molecule has 5 atom stereocenters. The average molecular weight is 356 g/mol. The third-order valence-electron chi connectivity index (χ3n) is 3.54. The van der Waals surface area contributed by atoms with Crippen LogP contribution in [0.15, 0.2) is 18.2 Å². The normalized spacial score (nSPS) is 28.9. The van der Waals surface area contributed by atoms with Crippen molar-refractivity contribution in [3.8, 4) is 11.5 Å². The van der Waals surface area contributed by atoms with Crippen LogP contribution in [0.25, 0.3) is 0 Å². The fourth-order valence-electron chi connectivity index (χ4n) is 2.31. The van der Waals surface area contributed by atoms with Gasteiger partial charge in [0.15, 0.2) is 0 Å². The Morgan fingerprint density at radius 2 is 1.88 bits per heavy atom. The van der Waals surface area contributed by atoms with Crippen molar-refractivity contribution < 1.29 is 44.2 Å². The summed E-state index contributed by atoms with van der Waals surface area (Å²) in [6, 6.07) is 4.24. The van der Waals surface area contributed by atoms with Gasteiger partial charge in [-0.05, 0) is 12.1 Å². The van der Waals surface area contributed by atoms with Crippen molar-refractivity contribution in [3.05, 3.63) is 18.2 Å². The lowest BCUT2D eigenvalue weighted by Gasteiger charge is -2.40. The molecule has 0 aromatic heterocycles. The molecule has 0 aliphatic carbocycles. The van der Waals surface area contributed by atoms with Gasteiger partial charge in [-0.25, -0.2) is 0 Å². The first-order valence-electron chi connectivity index (χ1n) is 7.27. The SMILES string of the molecule is COc1cc(O[C@@H]2O[C@H](C(=O)[O-])[C@@H](O)[C@H](O)[C@H]2O)ccc1NC(C)=O. The lowest BCUT2D eigenvalue weighted by molar-refractivity contribution is -0.342. The standard InChI is InChI=1S/C15H19NO9/c1-6(17)16-8-4-3-7(5-9(8)23-2)24-15-12(20)10(18)11(19)13(25-15)14(21)22/h3-5,10-13,15,18-20H,1-2H3,(H,16,17)(H,21,22)/p-1/t10-,11-,12+,13-,15+/m0/s1. The maximum Gasteiger partial charge on any atom is 0.229 e. The Morgan fingerprint density at radius 1 is 1.20 bits per heavy atom. The molecule has 1 amide bonds. The lowest BCUT2D eigenvalue weighted by Crippen LogP contribution is -2.63.